The molecule has 0 amide bonds. The van der Waals surface area contributed by atoms with Gasteiger partial charge in [-0.15, -0.1) is 4.40 Å². The van der Waals surface area contributed by atoms with Crippen LogP contribution < -0.4 is 5.73 Å². The summed E-state index contributed by atoms with van der Waals surface area (Å²) < 4.78 is 26.2. The lowest BCUT2D eigenvalue weighted by Gasteiger charge is -1.98. The van der Waals surface area contributed by atoms with Crippen LogP contribution in [-0.2, 0) is 10.0 Å². The quantitative estimate of drug-likeness (QED) is 0.164. The topological polar surface area (TPSA) is 164 Å². The van der Waals surface area contributed by atoms with Gasteiger partial charge in [-0.3, -0.25) is 10.1 Å². The normalized spacial score (nSPS) is 11.7. The van der Waals surface area contributed by atoms with Gasteiger partial charge in [0.1, 0.15) is 0 Å². The first-order valence-electron chi connectivity index (χ1n) is 4.27. The first-order chi connectivity index (χ1) is 8.36. The molecule has 0 saturated heterocycles. The van der Waals surface area contributed by atoms with Crippen molar-refractivity contribution in [3.05, 3.63) is 44.8 Å². The van der Waals surface area contributed by atoms with E-state index in [2.05, 4.69) is 14.4 Å². The molecule has 1 rings (SSSR count). The van der Waals surface area contributed by atoms with Crippen molar-refractivity contribution in [1.82, 2.24) is 0 Å². The molecule has 11 heteroatoms. The molecule has 0 saturated carbocycles. The van der Waals surface area contributed by atoms with Crippen LogP contribution in [0.3, 0.4) is 0 Å². The third kappa shape index (κ3) is 3.17. The van der Waals surface area contributed by atoms with Gasteiger partial charge in [-0.25, -0.2) is 0 Å². The van der Waals surface area contributed by atoms with E-state index >= 15 is 0 Å². The van der Waals surface area contributed by atoms with Gasteiger partial charge in [0.15, 0.2) is 0 Å². The van der Waals surface area contributed by atoms with Crippen LogP contribution >= 0.6 is 0 Å². The Labute approximate surface area is 101 Å². The highest BCUT2D eigenvalue weighted by molar-refractivity contribution is 7.90. The molecule has 0 heterocycles. The SMILES string of the molecule is [N-]=[N+]=NC(N)=NS(=O)(=O)c1ccc([N+](=O)[O-])cc1. The summed E-state index contributed by atoms with van der Waals surface area (Å²) in [5.74, 6) is -0.768. The Morgan fingerprint density at radius 2 is 1.94 bits per heavy atom. The molecule has 0 unspecified atom stereocenters. The maximum atomic E-state index is 11.6. The molecule has 18 heavy (non-hydrogen) atoms. The van der Waals surface area contributed by atoms with E-state index < -0.39 is 20.9 Å². The molecule has 0 aliphatic carbocycles. The van der Waals surface area contributed by atoms with Gasteiger partial charge in [-0.1, -0.05) is 0 Å². The van der Waals surface area contributed by atoms with E-state index in [0.717, 1.165) is 24.3 Å². The second-order valence-electron chi connectivity index (χ2n) is 2.87. The number of rotatable bonds is 3. The minimum absolute atomic E-state index is 0.263. The average Bonchev–Trinajstić information content (AvgIpc) is 2.28. The molecule has 2 N–H and O–H groups in total. The smallest absolute Gasteiger partial charge is 0.284 e. The molecule has 1 aromatic rings. The maximum Gasteiger partial charge on any atom is 0.284 e. The minimum Gasteiger partial charge on any atom is -0.381 e. The maximum absolute atomic E-state index is 11.6. The van der Waals surface area contributed by atoms with Crippen molar-refractivity contribution < 1.29 is 13.3 Å². The largest absolute Gasteiger partial charge is 0.381 e. The number of azide groups is 1. The number of hydrogen-bond acceptors (Lipinski definition) is 4. The van der Waals surface area contributed by atoms with Gasteiger partial charge in [-0.05, 0) is 22.8 Å². The predicted molar refractivity (Wildman–Crippen MR) is 61.1 cm³/mol. The van der Waals surface area contributed by atoms with Crippen molar-refractivity contribution in [3.63, 3.8) is 0 Å². The number of sulfonamides is 1. The highest BCUT2D eigenvalue weighted by atomic mass is 32.2. The highest BCUT2D eigenvalue weighted by Gasteiger charge is 2.15. The standard InChI is InChI=1S/C7H6N6O4S/c8-7(10-12-9)11-18(16,17)6-3-1-5(2-4-6)13(14)15/h1-4H,(H2,8,11). The summed E-state index contributed by atoms with van der Waals surface area (Å²) in [4.78, 5) is 11.7. The molecule has 94 valence electrons. The fourth-order valence-electron chi connectivity index (χ4n) is 0.980. The summed E-state index contributed by atoms with van der Waals surface area (Å²) in [6.45, 7) is 0. The summed E-state index contributed by atoms with van der Waals surface area (Å²) in [5, 5.41) is 13.2. The summed E-state index contributed by atoms with van der Waals surface area (Å²) >= 11 is 0. The Morgan fingerprint density at radius 1 is 1.39 bits per heavy atom. The zero-order chi connectivity index (χ0) is 13.8. The van der Waals surface area contributed by atoms with Gasteiger partial charge < -0.3 is 5.73 Å². The van der Waals surface area contributed by atoms with E-state index in [4.69, 9.17) is 11.3 Å². The molecule has 0 aliphatic rings. The van der Waals surface area contributed by atoms with Gasteiger partial charge >= 0.3 is 0 Å². The van der Waals surface area contributed by atoms with E-state index in [1.807, 2.05) is 0 Å². The van der Waals surface area contributed by atoms with Crippen LogP contribution in [0.25, 0.3) is 10.4 Å². The number of nitrogens with zero attached hydrogens (tertiary/aromatic N) is 5. The van der Waals surface area contributed by atoms with Crippen LogP contribution in [-0.4, -0.2) is 19.3 Å². The van der Waals surface area contributed by atoms with Crippen LogP contribution in [0.2, 0.25) is 0 Å². The zero-order valence-corrected chi connectivity index (χ0v) is 9.48. The van der Waals surface area contributed by atoms with Crippen molar-refractivity contribution in [1.29, 1.82) is 0 Å². The van der Waals surface area contributed by atoms with E-state index in [9.17, 15) is 18.5 Å². The Bertz CT molecular complexity index is 643. The molecule has 0 radical (unpaired) electrons. The second-order valence-corrected chi connectivity index (χ2v) is 4.47. The van der Waals surface area contributed by atoms with E-state index in [0.29, 0.717) is 0 Å². The molecule has 0 fully saturated rings. The summed E-state index contributed by atoms with van der Waals surface area (Å²) in [7, 11) is -4.15. The van der Waals surface area contributed by atoms with Gasteiger partial charge in [-0.2, -0.15) is 8.42 Å². The summed E-state index contributed by atoms with van der Waals surface area (Å²) in [5.41, 5.74) is 12.8. The summed E-state index contributed by atoms with van der Waals surface area (Å²) in [6, 6.07) is 4.01. The second kappa shape index (κ2) is 5.12. The Kier molecular flexibility index (Phi) is 3.82. The van der Waals surface area contributed by atoms with Crippen molar-refractivity contribution in [2.45, 2.75) is 4.90 Å². The Balaban J connectivity index is 3.18. The van der Waals surface area contributed by atoms with Gasteiger partial charge in [0.25, 0.3) is 15.7 Å². The Morgan fingerprint density at radius 3 is 2.39 bits per heavy atom. The lowest BCUT2D eigenvalue weighted by atomic mass is 10.3. The first kappa shape index (κ1) is 13.4. The molecule has 0 aliphatic heterocycles. The fourth-order valence-corrected chi connectivity index (χ4v) is 1.85. The average molecular weight is 270 g/mol. The Hall–Kier alpha value is -2.65. The van der Waals surface area contributed by atoms with Crippen molar-refractivity contribution >= 4 is 21.7 Å². The van der Waals surface area contributed by atoms with Crippen LogP contribution in [0.1, 0.15) is 0 Å². The molecule has 1 aromatic carbocycles. The van der Waals surface area contributed by atoms with E-state index in [1.54, 1.807) is 0 Å². The van der Waals surface area contributed by atoms with Crippen LogP contribution in [0.15, 0.2) is 38.7 Å². The van der Waals surface area contributed by atoms with Crippen molar-refractivity contribution in [2.75, 3.05) is 0 Å². The van der Waals surface area contributed by atoms with Gasteiger partial charge in [0.2, 0.25) is 5.96 Å². The van der Waals surface area contributed by atoms with E-state index in [1.165, 1.54) is 0 Å². The van der Waals surface area contributed by atoms with Crippen molar-refractivity contribution in [2.24, 2.45) is 15.2 Å². The lowest BCUT2D eigenvalue weighted by molar-refractivity contribution is -0.384. The number of non-ortho nitro benzene ring substituents is 1. The number of benzene rings is 1. The molecule has 0 aromatic heterocycles. The minimum atomic E-state index is -4.15. The van der Waals surface area contributed by atoms with Crippen LogP contribution in [0, 0.1) is 10.1 Å². The number of nitro groups is 1. The third-order valence-corrected chi connectivity index (χ3v) is 3.00. The molecular weight excluding hydrogens is 264 g/mol. The van der Waals surface area contributed by atoms with E-state index in [-0.39, 0.29) is 10.6 Å². The fraction of sp³-hybridized carbons (Fsp3) is 0. The number of nitro benzene ring substituents is 1. The molecule has 10 nitrogen and oxygen atoms in total. The van der Waals surface area contributed by atoms with Crippen molar-refractivity contribution in [3.8, 4) is 0 Å². The third-order valence-electron chi connectivity index (χ3n) is 1.71. The van der Waals surface area contributed by atoms with Gasteiger partial charge in [0, 0.05) is 17.0 Å². The summed E-state index contributed by atoms with van der Waals surface area (Å²) in [6.07, 6.45) is 0. The molecule has 0 atom stereocenters. The number of nitrogens with two attached hydrogens (primary N) is 1. The zero-order valence-electron chi connectivity index (χ0n) is 8.66. The molecular formula is C7H6N6O4S. The predicted octanol–water partition coefficient (Wildman–Crippen LogP) is 0.909. The molecule has 0 spiro atoms. The lowest BCUT2D eigenvalue weighted by Crippen LogP contribution is -2.11. The van der Waals surface area contributed by atoms with Crippen LogP contribution in [0.4, 0.5) is 5.69 Å². The molecule has 0 bridgehead atoms. The van der Waals surface area contributed by atoms with Gasteiger partial charge in [0.05, 0.1) is 9.82 Å². The monoisotopic (exact) mass is 270 g/mol. The highest BCUT2D eigenvalue weighted by Crippen LogP contribution is 2.17. The van der Waals surface area contributed by atoms with Crippen LogP contribution in [0.5, 0.6) is 0 Å². The number of hydrogen-bond donors (Lipinski definition) is 1. The number of guanidine groups is 1. The first-order valence-corrected chi connectivity index (χ1v) is 5.71.